The summed E-state index contributed by atoms with van der Waals surface area (Å²) in [6, 6.07) is 3.22. The molecule has 2 heterocycles. The highest BCUT2D eigenvalue weighted by Gasteiger charge is 2.34. The zero-order valence-electron chi connectivity index (χ0n) is 14.5. The lowest BCUT2D eigenvalue weighted by molar-refractivity contribution is 0.0708. The first-order chi connectivity index (χ1) is 11.5. The van der Waals surface area contributed by atoms with Crippen LogP contribution in [0.1, 0.15) is 49.9 Å². The average molecular weight is 353 g/mol. The van der Waals surface area contributed by atoms with Crippen molar-refractivity contribution in [2.24, 2.45) is 0 Å². The van der Waals surface area contributed by atoms with Gasteiger partial charge in [-0.2, -0.15) is 0 Å². The number of hydrogen-bond donors (Lipinski definition) is 1. The van der Waals surface area contributed by atoms with Gasteiger partial charge in [0.2, 0.25) is 0 Å². The number of anilines is 1. The molecule has 1 aliphatic rings. The molecular weight excluding hydrogens is 326 g/mol. The van der Waals surface area contributed by atoms with E-state index in [2.05, 4.69) is 17.2 Å². The van der Waals surface area contributed by atoms with Gasteiger partial charge in [-0.25, -0.2) is 13.4 Å². The van der Waals surface area contributed by atoms with Gasteiger partial charge in [0.1, 0.15) is 5.82 Å². The van der Waals surface area contributed by atoms with Crippen LogP contribution in [0.15, 0.2) is 18.3 Å². The highest BCUT2D eigenvalue weighted by molar-refractivity contribution is 7.91. The lowest BCUT2D eigenvalue weighted by Gasteiger charge is -2.27. The molecule has 1 fully saturated rings. The van der Waals surface area contributed by atoms with Gasteiger partial charge in [-0.15, -0.1) is 0 Å². The first kappa shape index (κ1) is 18.7. The van der Waals surface area contributed by atoms with Crippen molar-refractivity contribution in [1.29, 1.82) is 0 Å². The van der Waals surface area contributed by atoms with Crippen LogP contribution in [0.4, 0.5) is 5.82 Å². The summed E-state index contributed by atoms with van der Waals surface area (Å²) < 4.78 is 23.4. The first-order valence-electron chi connectivity index (χ1n) is 8.68. The molecule has 1 amide bonds. The Morgan fingerprint density at radius 2 is 2.17 bits per heavy atom. The van der Waals surface area contributed by atoms with Gasteiger partial charge in [-0.3, -0.25) is 4.79 Å². The van der Waals surface area contributed by atoms with Crippen LogP contribution in [0.2, 0.25) is 0 Å². The van der Waals surface area contributed by atoms with Crippen LogP contribution in [0.5, 0.6) is 0 Å². The van der Waals surface area contributed by atoms with E-state index in [4.69, 9.17) is 0 Å². The third-order valence-corrected chi connectivity index (χ3v) is 6.09. The topological polar surface area (TPSA) is 79.4 Å². The van der Waals surface area contributed by atoms with Crippen molar-refractivity contribution in [2.45, 2.75) is 45.6 Å². The van der Waals surface area contributed by atoms with E-state index in [1.165, 1.54) is 0 Å². The molecule has 0 radical (unpaired) electrons. The summed E-state index contributed by atoms with van der Waals surface area (Å²) in [6.45, 7) is 5.37. The SMILES string of the molecule is CCCCCNc1cc(C(=O)N(CC)C2CCS(=O)(=O)C2)ccn1. The molecule has 1 atom stereocenters. The summed E-state index contributed by atoms with van der Waals surface area (Å²) in [5.74, 6) is 0.799. The molecule has 1 saturated heterocycles. The minimum Gasteiger partial charge on any atom is -0.370 e. The highest BCUT2D eigenvalue weighted by Crippen LogP contribution is 2.20. The largest absolute Gasteiger partial charge is 0.370 e. The van der Waals surface area contributed by atoms with Crippen LogP contribution in [-0.4, -0.2) is 54.8 Å². The molecule has 0 saturated carbocycles. The number of unbranched alkanes of at least 4 members (excludes halogenated alkanes) is 2. The quantitative estimate of drug-likeness (QED) is 0.726. The second-order valence-corrected chi connectivity index (χ2v) is 8.44. The normalized spacial score (nSPS) is 19.2. The Morgan fingerprint density at radius 3 is 2.79 bits per heavy atom. The number of nitrogens with one attached hydrogen (secondary N) is 1. The predicted molar refractivity (Wildman–Crippen MR) is 96.0 cm³/mol. The van der Waals surface area contributed by atoms with Crippen molar-refractivity contribution in [2.75, 3.05) is 29.9 Å². The molecule has 1 aliphatic heterocycles. The van der Waals surface area contributed by atoms with Crippen LogP contribution in [0.3, 0.4) is 0 Å². The number of sulfone groups is 1. The van der Waals surface area contributed by atoms with E-state index in [1.54, 1.807) is 23.2 Å². The van der Waals surface area contributed by atoms with E-state index in [1.807, 2.05) is 6.92 Å². The molecule has 0 aliphatic carbocycles. The molecule has 134 valence electrons. The minimum atomic E-state index is -3.01. The Kier molecular flexibility index (Phi) is 6.60. The van der Waals surface area contributed by atoms with Crippen LogP contribution in [0, 0.1) is 0 Å². The van der Waals surface area contributed by atoms with E-state index in [9.17, 15) is 13.2 Å². The summed E-state index contributed by atoms with van der Waals surface area (Å²) in [4.78, 5) is 18.7. The maximum Gasteiger partial charge on any atom is 0.254 e. The molecule has 1 N–H and O–H groups in total. The van der Waals surface area contributed by atoms with Crippen LogP contribution in [-0.2, 0) is 9.84 Å². The molecule has 1 unspecified atom stereocenters. The Bertz CT molecular complexity index is 661. The Balaban J connectivity index is 2.04. The van der Waals surface area contributed by atoms with Gasteiger partial charge in [0.05, 0.1) is 11.5 Å². The van der Waals surface area contributed by atoms with Crippen molar-refractivity contribution < 1.29 is 13.2 Å². The fraction of sp³-hybridized carbons (Fsp3) is 0.647. The molecule has 2 rings (SSSR count). The Morgan fingerprint density at radius 1 is 1.38 bits per heavy atom. The molecule has 1 aromatic rings. The number of pyridine rings is 1. The van der Waals surface area contributed by atoms with E-state index < -0.39 is 9.84 Å². The summed E-state index contributed by atoms with van der Waals surface area (Å²) in [7, 11) is -3.01. The second-order valence-electron chi connectivity index (χ2n) is 6.21. The van der Waals surface area contributed by atoms with E-state index >= 15 is 0 Å². The molecule has 24 heavy (non-hydrogen) atoms. The van der Waals surface area contributed by atoms with Gasteiger partial charge in [-0.05, 0) is 31.9 Å². The lowest BCUT2D eigenvalue weighted by atomic mass is 10.1. The monoisotopic (exact) mass is 353 g/mol. The van der Waals surface area contributed by atoms with Crippen molar-refractivity contribution in [3.05, 3.63) is 23.9 Å². The summed E-state index contributed by atoms with van der Waals surface area (Å²) >= 11 is 0. The zero-order chi connectivity index (χ0) is 17.6. The number of aromatic nitrogens is 1. The summed E-state index contributed by atoms with van der Waals surface area (Å²) in [6.07, 6.45) is 5.52. The van der Waals surface area contributed by atoms with Gasteiger partial charge in [0.15, 0.2) is 9.84 Å². The van der Waals surface area contributed by atoms with Crippen LogP contribution >= 0.6 is 0 Å². The smallest absolute Gasteiger partial charge is 0.254 e. The minimum absolute atomic E-state index is 0.0692. The van der Waals surface area contributed by atoms with Crippen molar-refractivity contribution >= 4 is 21.6 Å². The molecule has 0 aromatic carbocycles. The summed E-state index contributed by atoms with van der Waals surface area (Å²) in [5, 5.41) is 3.24. The molecule has 0 bridgehead atoms. The average Bonchev–Trinajstić information content (AvgIpc) is 2.92. The number of amides is 1. The number of carbonyl (C=O) groups excluding carboxylic acids is 1. The predicted octanol–water partition coefficient (Wildman–Crippen LogP) is 2.33. The fourth-order valence-electron chi connectivity index (χ4n) is 3.01. The molecule has 6 nitrogen and oxygen atoms in total. The third-order valence-electron chi connectivity index (χ3n) is 4.34. The van der Waals surface area contributed by atoms with Gasteiger partial charge >= 0.3 is 0 Å². The fourth-order valence-corrected chi connectivity index (χ4v) is 4.74. The van der Waals surface area contributed by atoms with Gasteiger partial charge < -0.3 is 10.2 Å². The van der Waals surface area contributed by atoms with E-state index in [0.717, 1.165) is 25.8 Å². The van der Waals surface area contributed by atoms with Crippen LogP contribution < -0.4 is 5.32 Å². The van der Waals surface area contributed by atoms with Gasteiger partial charge in [-0.1, -0.05) is 19.8 Å². The molecular formula is C17H27N3O3S. The molecule has 0 spiro atoms. The molecule has 1 aromatic heterocycles. The number of nitrogens with zero attached hydrogens (tertiary/aromatic N) is 2. The zero-order valence-corrected chi connectivity index (χ0v) is 15.3. The van der Waals surface area contributed by atoms with Gasteiger partial charge in [0.25, 0.3) is 5.91 Å². The number of rotatable bonds is 8. The second kappa shape index (κ2) is 8.46. The summed E-state index contributed by atoms with van der Waals surface area (Å²) in [5.41, 5.74) is 0.550. The van der Waals surface area contributed by atoms with Crippen molar-refractivity contribution in [3.8, 4) is 0 Å². The standard InChI is InChI=1S/C17H27N3O3S/c1-3-5-6-9-18-16-12-14(7-10-19-16)17(21)20(4-2)15-8-11-24(22,23)13-15/h7,10,12,15H,3-6,8-9,11,13H2,1-2H3,(H,18,19). The van der Waals surface area contributed by atoms with Gasteiger partial charge in [0, 0.05) is 30.9 Å². The first-order valence-corrected chi connectivity index (χ1v) is 10.5. The maximum atomic E-state index is 12.8. The van der Waals surface area contributed by atoms with Crippen LogP contribution in [0.25, 0.3) is 0 Å². The number of hydrogen-bond acceptors (Lipinski definition) is 5. The highest BCUT2D eigenvalue weighted by atomic mass is 32.2. The van der Waals surface area contributed by atoms with E-state index in [-0.39, 0.29) is 23.5 Å². The molecule has 7 heteroatoms. The van der Waals surface area contributed by atoms with Crippen molar-refractivity contribution in [3.63, 3.8) is 0 Å². The van der Waals surface area contributed by atoms with E-state index in [0.29, 0.717) is 24.3 Å². The maximum absolute atomic E-state index is 12.8. The van der Waals surface area contributed by atoms with Crippen molar-refractivity contribution in [1.82, 2.24) is 9.88 Å². The Hall–Kier alpha value is -1.63. The third kappa shape index (κ3) is 4.93. The lowest BCUT2D eigenvalue weighted by Crippen LogP contribution is -2.41. The Labute approximate surface area is 144 Å². The number of carbonyl (C=O) groups is 1.